The van der Waals surface area contributed by atoms with E-state index >= 15 is 0 Å². The van der Waals surface area contributed by atoms with E-state index in [4.69, 9.17) is 27.4 Å². The summed E-state index contributed by atoms with van der Waals surface area (Å²) in [5, 5.41) is 0. The van der Waals surface area contributed by atoms with E-state index in [1.54, 1.807) is 7.11 Å². The molecule has 4 heteroatoms. The van der Waals surface area contributed by atoms with Gasteiger partial charge < -0.3 is 15.2 Å². The summed E-state index contributed by atoms with van der Waals surface area (Å²) in [6, 6.07) is 5.84. The van der Waals surface area contributed by atoms with Crippen molar-refractivity contribution in [3.05, 3.63) is 29.3 Å². The standard InChI is InChI=1S/C15H21NO2S/c1-17-14-8-12(6-7-13(14)15(16)19)10-18-9-11-4-2-3-5-11/h6-8,11H,2-5,9-10H2,1H3,(H2,16,19). The second-order valence-corrected chi connectivity index (χ2v) is 5.50. The normalized spacial score (nSPS) is 15.6. The van der Waals surface area contributed by atoms with Gasteiger partial charge in [-0.25, -0.2) is 0 Å². The van der Waals surface area contributed by atoms with E-state index < -0.39 is 0 Å². The first-order valence-electron chi connectivity index (χ1n) is 6.75. The molecule has 0 radical (unpaired) electrons. The van der Waals surface area contributed by atoms with Gasteiger partial charge in [0.1, 0.15) is 10.7 Å². The summed E-state index contributed by atoms with van der Waals surface area (Å²) in [5.41, 5.74) is 7.51. The third-order valence-electron chi connectivity index (χ3n) is 3.63. The van der Waals surface area contributed by atoms with Gasteiger partial charge in [-0.15, -0.1) is 0 Å². The van der Waals surface area contributed by atoms with Gasteiger partial charge in [-0.05, 0) is 36.5 Å². The molecule has 19 heavy (non-hydrogen) atoms. The van der Waals surface area contributed by atoms with Crippen LogP contribution in [0.15, 0.2) is 18.2 Å². The molecule has 2 N–H and O–H groups in total. The average molecular weight is 279 g/mol. The summed E-state index contributed by atoms with van der Waals surface area (Å²) in [5.74, 6) is 1.47. The fourth-order valence-electron chi connectivity index (χ4n) is 2.55. The van der Waals surface area contributed by atoms with Crippen LogP contribution in [0.1, 0.15) is 36.8 Å². The van der Waals surface area contributed by atoms with Gasteiger partial charge in [-0.3, -0.25) is 0 Å². The molecule has 1 aromatic carbocycles. The summed E-state index contributed by atoms with van der Waals surface area (Å²) in [6.07, 6.45) is 5.32. The van der Waals surface area contributed by atoms with E-state index in [1.165, 1.54) is 25.7 Å². The van der Waals surface area contributed by atoms with E-state index in [9.17, 15) is 0 Å². The lowest BCUT2D eigenvalue weighted by molar-refractivity contribution is 0.0887. The molecule has 0 amide bonds. The zero-order valence-corrected chi connectivity index (χ0v) is 12.2. The van der Waals surface area contributed by atoms with Gasteiger partial charge in [-0.2, -0.15) is 0 Å². The molecule has 1 aliphatic carbocycles. The van der Waals surface area contributed by atoms with Gasteiger partial charge in [0.25, 0.3) is 0 Å². The average Bonchev–Trinajstić information content (AvgIpc) is 2.91. The predicted octanol–water partition coefficient (Wildman–Crippen LogP) is 3.04. The zero-order valence-electron chi connectivity index (χ0n) is 11.4. The van der Waals surface area contributed by atoms with Gasteiger partial charge in [0.05, 0.1) is 19.3 Å². The van der Waals surface area contributed by atoms with E-state index in [-0.39, 0.29) is 0 Å². The fraction of sp³-hybridized carbons (Fsp3) is 0.533. The van der Waals surface area contributed by atoms with Crippen LogP contribution in [0.25, 0.3) is 0 Å². The van der Waals surface area contributed by atoms with Crippen LogP contribution in [-0.2, 0) is 11.3 Å². The lowest BCUT2D eigenvalue weighted by Crippen LogP contribution is -2.11. The van der Waals surface area contributed by atoms with Crippen molar-refractivity contribution in [1.82, 2.24) is 0 Å². The maximum atomic E-state index is 5.78. The lowest BCUT2D eigenvalue weighted by Gasteiger charge is -2.12. The van der Waals surface area contributed by atoms with Crippen molar-refractivity contribution in [2.45, 2.75) is 32.3 Å². The Labute approximate surface area is 120 Å². The summed E-state index contributed by atoms with van der Waals surface area (Å²) in [4.78, 5) is 0.357. The van der Waals surface area contributed by atoms with Crippen molar-refractivity contribution in [1.29, 1.82) is 0 Å². The summed E-state index contributed by atoms with van der Waals surface area (Å²) in [7, 11) is 1.63. The van der Waals surface area contributed by atoms with Gasteiger partial charge in [0.2, 0.25) is 0 Å². The SMILES string of the molecule is COc1cc(COCC2CCCC2)ccc1C(N)=S. The van der Waals surface area contributed by atoms with Gasteiger partial charge in [0, 0.05) is 6.61 Å². The first-order chi connectivity index (χ1) is 9.20. The molecule has 2 rings (SSSR count). The number of methoxy groups -OCH3 is 1. The maximum absolute atomic E-state index is 5.78. The van der Waals surface area contributed by atoms with Gasteiger partial charge >= 0.3 is 0 Å². The molecule has 1 saturated carbocycles. The Morgan fingerprint density at radius 3 is 2.74 bits per heavy atom. The minimum Gasteiger partial charge on any atom is -0.496 e. The number of thiocarbonyl (C=S) groups is 1. The van der Waals surface area contributed by atoms with E-state index in [0.29, 0.717) is 11.6 Å². The molecule has 1 aliphatic rings. The molecule has 0 atom stereocenters. The van der Waals surface area contributed by atoms with Gasteiger partial charge in [0.15, 0.2) is 0 Å². The topological polar surface area (TPSA) is 44.5 Å². The largest absolute Gasteiger partial charge is 0.496 e. The number of benzene rings is 1. The number of hydrogen-bond donors (Lipinski definition) is 1. The monoisotopic (exact) mass is 279 g/mol. The molecule has 1 fully saturated rings. The number of rotatable bonds is 6. The van der Waals surface area contributed by atoms with Crippen molar-refractivity contribution >= 4 is 17.2 Å². The molecule has 0 heterocycles. The summed E-state index contributed by atoms with van der Waals surface area (Å²) in [6.45, 7) is 1.48. The Morgan fingerprint density at radius 2 is 2.11 bits per heavy atom. The van der Waals surface area contributed by atoms with Crippen molar-refractivity contribution in [2.24, 2.45) is 11.7 Å². The highest BCUT2D eigenvalue weighted by Gasteiger charge is 2.15. The molecular weight excluding hydrogens is 258 g/mol. The highest BCUT2D eigenvalue weighted by atomic mass is 32.1. The van der Waals surface area contributed by atoms with Crippen molar-refractivity contribution in [3.63, 3.8) is 0 Å². The Morgan fingerprint density at radius 1 is 1.37 bits per heavy atom. The van der Waals surface area contributed by atoms with Crippen molar-refractivity contribution in [2.75, 3.05) is 13.7 Å². The fourth-order valence-corrected chi connectivity index (χ4v) is 2.72. The van der Waals surface area contributed by atoms with Crippen LogP contribution in [0.2, 0.25) is 0 Å². The summed E-state index contributed by atoms with van der Waals surface area (Å²) < 4.78 is 11.1. The quantitative estimate of drug-likeness (QED) is 0.813. The molecule has 1 aromatic rings. The van der Waals surface area contributed by atoms with Crippen molar-refractivity contribution in [3.8, 4) is 5.75 Å². The van der Waals surface area contributed by atoms with Crippen LogP contribution in [-0.4, -0.2) is 18.7 Å². The number of nitrogens with two attached hydrogens (primary N) is 1. The van der Waals surface area contributed by atoms with Crippen LogP contribution in [0, 0.1) is 5.92 Å². The second kappa shape index (κ2) is 6.87. The molecule has 0 aromatic heterocycles. The van der Waals surface area contributed by atoms with Crippen LogP contribution < -0.4 is 10.5 Å². The van der Waals surface area contributed by atoms with E-state index in [2.05, 4.69) is 0 Å². The first-order valence-corrected chi connectivity index (χ1v) is 7.16. The Balaban J connectivity index is 1.91. The maximum Gasteiger partial charge on any atom is 0.129 e. The lowest BCUT2D eigenvalue weighted by atomic mass is 10.1. The molecular formula is C15H21NO2S. The molecule has 3 nitrogen and oxygen atoms in total. The second-order valence-electron chi connectivity index (χ2n) is 5.06. The minimum absolute atomic E-state index is 0.357. The smallest absolute Gasteiger partial charge is 0.129 e. The molecule has 0 unspecified atom stereocenters. The predicted molar refractivity (Wildman–Crippen MR) is 80.5 cm³/mol. The Hall–Kier alpha value is -1.13. The van der Waals surface area contributed by atoms with Gasteiger partial charge in [-0.1, -0.05) is 31.1 Å². The third kappa shape index (κ3) is 3.91. The number of hydrogen-bond acceptors (Lipinski definition) is 3. The highest BCUT2D eigenvalue weighted by Crippen LogP contribution is 2.25. The Bertz CT molecular complexity index is 442. The van der Waals surface area contributed by atoms with E-state index in [1.807, 2.05) is 18.2 Å². The first kappa shape index (κ1) is 14.3. The van der Waals surface area contributed by atoms with Crippen LogP contribution in [0.4, 0.5) is 0 Å². The Kier molecular flexibility index (Phi) is 5.16. The van der Waals surface area contributed by atoms with Crippen LogP contribution in [0.5, 0.6) is 5.75 Å². The van der Waals surface area contributed by atoms with E-state index in [0.717, 1.165) is 29.4 Å². The minimum atomic E-state index is 0.357. The molecule has 0 aliphatic heterocycles. The molecule has 0 bridgehead atoms. The highest BCUT2D eigenvalue weighted by molar-refractivity contribution is 7.80. The van der Waals surface area contributed by atoms with Crippen LogP contribution >= 0.6 is 12.2 Å². The zero-order chi connectivity index (χ0) is 13.7. The number of ether oxygens (including phenoxy) is 2. The molecule has 104 valence electrons. The summed E-state index contributed by atoms with van der Waals surface area (Å²) >= 11 is 4.99. The van der Waals surface area contributed by atoms with Crippen molar-refractivity contribution < 1.29 is 9.47 Å². The third-order valence-corrected chi connectivity index (χ3v) is 3.85. The van der Waals surface area contributed by atoms with Crippen LogP contribution in [0.3, 0.4) is 0 Å². The molecule has 0 saturated heterocycles. The molecule has 0 spiro atoms.